The number of aryl methyl sites for hydroxylation is 1. The van der Waals surface area contributed by atoms with Crippen molar-refractivity contribution < 1.29 is 33.3 Å². The number of hydrogen-bond donors (Lipinski definition) is 1. The van der Waals surface area contributed by atoms with Gasteiger partial charge in [0.05, 0.1) is 42.7 Å². The highest BCUT2D eigenvalue weighted by Gasteiger charge is 2.47. The molecule has 0 aliphatic carbocycles. The van der Waals surface area contributed by atoms with E-state index in [4.69, 9.17) is 23.6 Å². The minimum absolute atomic E-state index is 0.0359. The van der Waals surface area contributed by atoms with Gasteiger partial charge in [-0.15, -0.1) is 0 Å². The second-order valence-corrected chi connectivity index (χ2v) is 12.1. The molecule has 0 saturated carbocycles. The summed E-state index contributed by atoms with van der Waals surface area (Å²) < 4.78 is 23.9. The Balaban J connectivity index is 1.47. The number of ketones is 1. The molecule has 1 N–H and O–H groups in total. The standard InChI is InChI=1S/C34H32N2O7S/c1-18(2)13-14-42-23-12-10-20(16-25(23)41-5)29-28(30(37)26-17-21-7-6-8-24(40-4)32(21)43-26)31(38)33(39)36(29)34-35-22-11-9-19(3)15-27(22)44-34/h6-12,15-18,29,38H,13-14H2,1-5H3. The van der Waals surface area contributed by atoms with Crippen LogP contribution in [0.25, 0.3) is 21.2 Å². The number of thiazole rings is 1. The fraction of sp³-hybridized carbons (Fsp3) is 0.265. The molecule has 1 unspecified atom stereocenters. The Morgan fingerprint density at radius 2 is 1.84 bits per heavy atom. The van der Waals surface area contributed by atoms with E-state index in [0.717, 1.165) is 16.7 Å². The molecular formula is C34H32N2O7S. The second kappa shape index (κ2) is 11.7. The molecule has 0 bridgehead atoms. The number of aliphatic hydroxyl groups is 1. The number of furan rings is 1. The summed E-state index contributed by atoms with van der Waals surface area (Å²) in [6, 6.07) is 16.9. The van der Waals surface area contributed by atoms with Crippen molar-refractivity contribution >= 4 is 49.3 Å². The number of nitrogens with zero attached hydrogens (tertiary/aromatic N) is 2. The zero-order valence-corrected chi connectivity index (χ0v) is 25.9. The molecule has 226 valence electrons. The Morgan fingerprint density at radius 1 is 1.05 bits per heavy atom. The minimum Gasteiger partial charge on any atom is -0.503 e. The third kappa shape index (κ3) is 5.15. The van der Waals surface area contributed by atoms with Gasteiger partial charge < -0.3 is 23.7 Å². The zero-order chi connectivity index (χ0) is 31.1. The van der Waals surface area contributed by atoms with Gasteiger partial charge in [-0.25, -0.2) is 4.98 Å². The summed E-state index contributed by atoms with van der Waals surface area (Å²) in [6.45, 7) is 6.72. The number of hydrogen-bond acceptors (Lipinski definition) is 9. The third-order valence-corrected chi connectivity index (χ3v) is 8.62. The lowest BCUT2D eigenvalue weighted by atomic mass is 9.95. The molecule has 1 aliphatic heterocycles. The van der Waals surface area contributed by atoms with Crippen molar-refractivity contribution in [3.8, 4) is 17.2 Å². The minimum atomic E-state index is -1.02. The SMILES string of the molecule is COc1cc(C2C(C(=O)c3cc4cccc(OC)c4o3)=C(O)C(=O)N2c2nc3ccc(C)cc3s2)ccc1OCCC(C)C. The summed E-state index contributed by atoms with van der Waals surface area (Å²) in [6.07, 6.45) is 0.866. The monoisotopic (exact) mass is 612 g/mol. The smallest absolute Gasteiger partial charge is 0.296 e. The fourth-order valence-electron chi connectivity index (χ4n) is 5.29. The van der Waals surface area contributed by atoms with Gasteiger partial charge in [0.2, 0.25) is 5.78 Å². The summed E-state index contributed by atoms with van der Waals surface area (Å²) in [5, 5.41) is 12.3. The van der Waals surface area contributed by atoms with E-state index in [2.05, 4.69) is 13.8 Å². The van der Waals surface area contributed by atoms with E-state index in [1.165, 1.54) is 30.5 Å². The summed E-state index contributed by atoms with van der Waals surface area (Å²) >= 11 is 1.31. The van der Waals surface area contributed by atoms with Crippen molar-refractivity contribution in [2.24, 2.45) is 5.92 Å². The highest BCUT2D eigenvalue weighted by Crippen LogP contribution is 2.46. The summed E-state index contributed by atoms with van der Waals surface area (Å²) in [4.78, 5) is 34.1. The lowest BCUT2D eigenvalue weighted by molar-refractivity contribution is -0.117. The Bertz CT molecular complexity index is 1940. The first kappa shape index (κ1) is 29.3. The molecule has 0 fully saturated rings. The van der Waals surface area contributed by atoms with Crippen molar-refractivity contribution in [1.29, 1.82) is 0 Å². The van der Waals surface area contributed by atoms with Gasteiger partial charge in [-0.05, 0) is 66.8 Å². The number of Topliss-reactive ketones (excluding diaryl/α,β-unsaturated/α-hetero) is 1. The molecule has 2 aromatic heterocycles. The molecule has 1 aliphatic rings. The summed E-state index contributed by atoms with van der Waals surface area (Å²) in [7, 11) is 3.04. The molecule has 3 aromatic carbocycles. The number of benzene rings is 3. The Hall–Kier alpha value is -4.83. The van der Waals surface area contributed by atoms with E-state index < -0.39 is 23.5 Å². The summed E-state index contributed by atoms with van der Waals surface area (Å²) in [5.41, 5.74) is 2.55. The van der Waals surface area contributed by atoms with Gasteiger partial charge in [-0.2, -0.15) is 0 Å². The number of aromatic nitrogens is 1. The normalized spacial score (nSPS) is 15.2. The predicted octanol–water partition coefficient (Wildman–Crippen LogP) is 7.58. The number of methoxy groups -OCH3 is 2. The van der Waals surface area contributed by atoms with Gasteiger partial charge >= 0.3 is 0 Å². The predicted molar refractivity (Wildman–Crippen MR) is 169 cm³/mol. The van der Waals surface area contributed by atoms with E-state index in [9.17, 15) is 14.7 Å². The largest absolute Gasteiger partial charge is 0.503 e. The molecule has 6 rings (SSSR count). The van der Waals surface area contributed by atoms with E-state index in [0.29, 0.717) is 57.0 Å². The maximum atomic E-state index is 14.2. The molecule has 3 heterocycles. The first-order valence-corrected chi connectivity index (χ1v) is 15.1. The van der Waals surface area contributed by atoms with E-state index >= 15 is 0 Å². The quantitative estimate of drug-likeness (QED) is 0.161. The van der Waals surface area contributed by atoms with Gasteiger partial charge in [0, 0.05) is 5.39 Å². The molecule has 0 spiro atoms. The molecule has 0 radical (unpaired) electrons. The molecule has 10 heteroatoms. The molecule has 1 atom stereocenters. The second-order valence-electron chi connectivity index (χ2n) is 11.1. The molecular weight excluding hydrogens is 580 g/mol. The number of carbonyl (C=O) groups excluding carboxylic acids is 2. The number of para-hydroxylation sites is 1. The maximum absolute atomic E-state index is 14.2. The Morgan fingerprint density at radius 3 is 2.59 bits per heavy atom. The molecule has 5 aromatic rings. The first-order chi connectivity index (χ1) is 21.2. The van der Waals surface area contributed by atoms with Crippen LogP contribution in [0.3, 0.4) is 0 Å². The van der Waals surface area contributed by atoms with Crippen LogP contribution in [0, 0.1) is 12.8 Å². The number of anilines is 1. The van der Waals surface area contributed by atoms with Crippen LogP contribution in [0.15, 0.2) is 76.4 Å². The van der Waals surface area contributed by atoms with Crippen LogP contribution in [-0.4, -0.2) is 42.6 Å². The molecule has 0 saturated heterocycles. The Kier molecular flexibility index (Phi) is 7.77. The number of carbonyl (C=O) groups is 2. The molecule has 1 amide bonds. The number of ether oxygens (including phenoxy) is 3. The third-order valence-electron chi connectivity index (χ3n) is 7.60. The van der Waals surface area contributed by atoms with Gasteiger partial charge in [-0.1, -0.05) is 49.4 Å². The molecule has 44 heavy (non-hydrogen) atoms. The lowest BCUT2D eigenvalue weighted by Gasteiger charge is -2.25. The van der Waals surface area contributed by atoms with Crippen LogP contribution in [0.1, 0.15) is 48.0 Å². The van der Waals surface area contributed by atoms with Crippen LogP contribution in [-0.2, 0) is 4.79 Å². The maximum Gasteiger partial charge on any atom is 0.296 e. The summed E-state index contributed by atoms with van der Waals surface area (Å²) in [5.74, 6) is -0.170. The van der Waals surface area contributed by atoms with E-state index in [-0.39, 0.29) is 11.3 Å². The van der Waals surface area contributed by atoms with Gasteiger partial charge in [0.25, 0.3) is 5.91 Å². The zero-order valence-electron chi connectivity index (χ0n) is 25.0. The van der Waals surface area contributed by atoms with E-state index in [1.807, 2.05) is 25.1 Å². The number of rotatable bonds is 10. The van der Waals surface area contributed by atoms with Gasteiger partial charge in [-0.3, -0.25) is 14.5 Å². The van der Waals surface area contributed by atoms with Crippen LogP contribution >= 0.6 is 11.3 Å². The number of aliphatic hydroxyl groups excluding tert-OH is 1. The van der Waals surface area contributed by atoms with Crippen LogP contribution in [0.2, 0.25) is 0 Å². The number of fused-ring (bicyclic) bond motifs is 2. The van der Waals surface area contributed by atoms with Crippen LogP contribution in [0.4, 0.5) is 5.13 Å². The van der Waals surface area contributed by atoms with Crippen molar-refractivity contribution in [2.45, 2.75) is 33.2 Å². The van der Waals surface area contributed by atoms with E-state index in [1.54, 1.807) is 42.5 Å². The van der Waals surface area contributed by atoms with Crippen molar-refractivity contribution in [1.82, 2.24) is 4.98 Å². The topological polar surface area (TPSA) is 111 Å². The highest BCUT2D eigenvalue weighted by atomic mass is 32.1. The van der Waals surface area contributed by atoms with Crippen LogP contribution in [0.5, 0.6) is 17.2 Å². The lowest BCUT2D eigenvalue weighted by Crippen LogP contribution is -2.31. The first-order valence-electron chi connectivity index (χ1n) is 14.3. The Labute approximate surface area is 258 Å². The van der Waals surface area contributed by atoms with Gasteiger partial charge in [0.15, 0.2) is 39.5 Å². The fourth-order valence-corrected chi connectivity index (χ4v) is 6.38. The van der Waals surface area contributed by atoms with Crippen molar-refractivity contribution in [2.75, 3.05) is 25.7 Å². The van der Waals surface area contributed by atoms with Crippen molar-refractivity contribution in [3.05, 3.63) is 88.9 Å². The van der Waals surface area contributed by atoms with Crippen LogP contribution < -0.4 is 19.1 Å². The van der Waals surface area contributed by atoms with Crippen molar-refractivity contribution in [3.63, 3.8) is 0 Å². The molecule has 9 nitrogen and oxygen atoms in total. The average Bonchev–Trinajstić information content (AvgIpc) is 3.70. The highest BCUT2D eigenvalue weighted by molar-refractivity contribution is 7.22. The average molecular weight is 613 g/mol. The van der Waals surface area contributed by atoms with Gasteiger partial charge in [0.1, 0.15) is 0 Å². The number of amides is 1.